The number of rotatable bonds is 5. The van der Waals surface area contributed by atoms with Crippen LogP contribution >= 0.6 is 23.2 Å². The summed E-state index contributed by atoms with van der Waals surface area (Å²) < 4.78 is 5.78. The van der Waals surface area contributed by atoms with Crippen LogP contribution in [0.3, 0.4) is 0 Å². The van der Waals surface area contributed by atoms with Gasteiger partial charge in [-0.3, -0.25) is 0 Å². The molecule has 0 bridgehead atoms. The molecule has 1 aliphatic rings. The highest BCUT2D eigenvalue weighted by atomic mass is 35.5. The molecule has 2 rings (SSSR count). The van der Waals surface area contributed by atoms with Crippen molar-refractivity contribution in [1.82, 2.24) is 5.32 Å². The summed E-state index contributed by atoms with van der Waals surface area (Å²) in [5, 5.41) is 4.83. The van der Waals surface area contributed by atoms with E-state index in [4.69, 9.17) is 27.9 Å². The van der Waals surface area contributed by atoms with E-state index in [9.17, 15) is 0 Å². The van der Waals surface area contributed by atoms with Crippen molar-refractivity contribution in [1.29, 1.82) is 0 Å². The molecule has 1 aromatic carbocycles. The number of hydrogen-bond donors (Lipinski definition) is 1. The van der Waals surface area contributed by atoms with Crippen LogP contribution in [-0.2, 0) is 4.74 Å². The van der Waals surface area contributed by atoms with Crippen LogP contribution in [0.5, 0.6) is 0 Å². The van der Waals surface area contributed by atoms with E-state index in [2.05, 4.69) is 18.3 Å². The van der Waals surface area contributed by atoms with Crippen molar-refractivity contribution in [2.75, 3.05) is 13.2 Å². The Labute approximate surface area is 124 Å². The van der Waals surface area contributed by atoms with Crippen molar-refractivity contribution >= 4 is 23.2 Å². The van der Waals surface area contributed by atoms with Gasteiger partial charge in [-0.25, -0.2) is 0 Å². The topological polar surface area (TPSA) is 21.3 Å². The molecule has 0 saturated heterocycles. The molecular weight excluding hydrogens is 281 g/mol. The van der Waals surface area contributed by atoms with Gasteiger partial charge in [0.1, 0.15) is 5.76 Å². The quantitative estimate of drug-likeness (QED) is 0.849. The minimum Gasteiger partial charge on any atom is -0.496 e. The number of nitrogens with one attached hydrogen (secondary N) is 1. The number of allylic oxidation sites excluding steroid dienone is 1. The van der Waals surface area contributed by atoms with Gasteiger partial charge in [0.25, 0.3) is 0 Å². The van der Waals surface area contributed by atoms with Gasteiger partial charge in [-0.1, -0.05) is 36.2 Å². The van der Waals surface area contributed by atoms with Crippen molar-refractivity contribution in [2.45, 2.75) is 32.2 Å². The monoisotopic (exact) mass is 299 g/mol. The molecule has 104 valence electrons. The lowest BCUT2D eigenvalue weighted by molar-refractivity contribution is 0.167. The highest BCUT2D eigenvalue weighted by molar-refractivity contribution is 6.36. The van der Waals surface area contributed by atoms with E-state index in [-0.39, 0.29) is 6.04 Å². The van der Waals surface area contributed by atoms with E-state index < -0.39 is 0 Å². The fraction of sp³-hybridized carbons (Fsp3) is 0.467. The summed E-state index contributed by atoms with van der Waals surface area (Å²) in [7, 11) is 0. The third-order valence-electron chi connectivity index (χ3n) is 3.13. The molecule has 1 aromatic rings. The first-order chi connectivity index (χ1) is 9.24. The Bertz CT molecular complexity index is 439. The first-order valence-electron chi connectivity index (χ1n) is 6.74. The Morgan fingerprint density at radius 1 is 1.32 bits per heavy atom. The Hall–Kier alpha value is -0.700. The molecule has 1 unspecified atom stereocenters. The van der Waals surface area contributed by atoms with Crippen LogP contribution in [0.25, 0.3) is 0 Å². The fourth-order valence-electron chi connectivity index (χ4n) is 2.20. The molecule has 0 spiro atoms. The van der Waals surface area contributed by atoms with Gasteiger partial charge in [-0.05, 0) is 44.0 Å². The van der Waals surface area contributed by atoms with Crippen LogP contribution < -0.4 is 5.32 Å². The Morgan fingerprint density at radius 3 is 2.63 bits per heavy atom. The summed E-state index contributed by atoms with van der Waals surface area (Å²) in [4.78, 5) is 0. The predicted molar refractivity (Wildman–Crippen MR) is 80.8 cm³/mol. The largest absolute Gasteiger partial charge is 0.496 e. The van der Waals surface area contributed by atoms with Gasteiger partial charge < -0.3 is 10.1 Å². The molecule has 1 aliphatic heterocycles. The summed E-state index contributed by atoms with van der Waals surface area (Å²) in [6, 6.07) is 5.54. The van der Waals surface area contributed by atoms with E-state index in [0.717, 1.165) is 43.7 Å². The average Bonchev–Trinajstić information content (AvgIpc) is 2.43. The van der Waals surface area contributed by atoms with Crippen molar-refractivity contribution in [3.63, 3.8) is 0 Å². The van der Waals surface area contributed by atoms with Crippen molar-refractivity contribution in [2.24, 2.45) is 0 Å². The van der Waals surface area contributed by atoms with E-state index in [0.29, 0.717) is 10.0 Å². The van der Waals surface area contributed by atoms with E-state index >= 15 is 0 Å². The normalized spacial score (nSPS) is 16.7. The maximum atomic E-state index is 6.32. The van der Waals surface area contributed by atoms with Crippen LogP contribution in [0.4, 0.5) is 0 Å². The predicted octanol–water partition coefficient (Wildman–Crippen LogP) is 4.73. The minimum atomic E-state index is -0.0542. The Kier molecular flexibility index (Phi) is 5.56. The molecule has 19 heavy (non-hydrogen) atoms. The van der Waals surface area contributed by atoms with Crippen LogP contribution in [0.15, 0.2) is 30.0 Å². The number of benzene rings is 1. The minimum absolute atomic E-state index is 0.0542. The van der Waals surface area contributed by atoms with Gasteiger partial charge in [0.2, 0.25) is 0 Å². The molecule has 0 radical (unpaired) electrons. The number of hydrogen-bond acceptors (Lipinski definition) is 2. The summed E-state index contributed by atoms with van der Waals surface area (Å²) in [6.07, 6.45) is 5.30. The molecule has 0 fully saturated rings. The van der Waals surface area contributed by atoms with Crippen molar-refractivity contribution in [3.8, 4) is 0 Å². The van der Waals surface area contributed by atoms with E-state index in [1.807, 2.05) is 18.2 Å². The molecule has 0 aliphatic carbocycles. The highest BCUT2D eigenvalue weighted by Gasteiger charge is 2.23. The maximum Gasteiger partial charge on any atom is 0.114 e. The second-order valence-electron chi connectivity index (χ2n) is 4.62. The summed E-state index contributed by atoms with van der Waals surface area (Å²) in [5.74, 6) is 0.940. The summed E-state index contributed by atoms with van der Waals surface area (Å²) in [5.41, 5.74) is 0.910. The van der Waals surface area contributed by atoms with Gasteiger partial charge in [-0.15, -0.1) is 0 Å². The molecule has 0 saturated carbocycles. The molecule has 1 atom stereocenters. The van der Waals surface area contributed by atoms with Crippen molar-refractivity contribution in [3.05, 3.63) is 45.6 Å². The smallest absolute Gasteiger partial charge is 0.114 e. The highest BCUT2D eigenvalue weighted by Crippen LogP contribution is 2.35. The van der Waals surface area contributed by atoms with Gasteiger partial charge in [-0.2, -0.15) is 0 Å². The Balaban J connectivity index is 2.33. The molecule has 1 N–H and O–H groups in total. The maximum absolute atomic E-state index is 6.32. The van der Waals surface area contributed by atoms with Gasteiger partial charge >= 0.3 is 0 Å². The molecule has 4 heteroatoms. The summed E-state index contributed by atoms with van der Waals surface area (Å²) >= 11 is 12.6. The second-order valence-corrected chi connectivity index (χ2v) is 5.43. The average molecular weight is 300 g/mol. The Morgan fingerprint density at radius 2 is 2.05 bits per heavy atom. The lowest BCUT2D eigenvalue weighted by Crippen LogP contribution is -2.26. The second kappa shape index (κ2) is 7.18. The van der Waals surface area contributed by atoms with Gasteiger partial charge in [0.05, 0.1) is 12.6 Å². The molecule has 1 heterocycles. The van der Waals surface area contributed by atoms with Crippen molar-refractivity contribution < 1.29 is 4.74 Å². The zero-order valence-corrected chi connectivity index (χ0v) is 12.6. The van der Waals surface area contributed by atoms with E-state index in [1.54, 1.807) is 0 Å². The van der Waals surface area contributed by atoms with Crippen LogP contribution in [0.1, 0.15) is 37.8 Å². The van der Waals surface area contributed by atoms with E-state index in [1.165, 1.54) is 0 Å². The molecular formula is C15H19Cl2NO. The molecule has 0 aromatic heterocycles. The number of halogens is 2. The van der Waals surface area contributed by atoms with Gasteiger partial charge in [0, 0.05) is 15.6 Å². The third kappa shape index (κ3) is 3.65. The van der Waals surface area contributed by atoms with Crippen LogP contribution in [0.2, 0.25) is 10.0 Å². The van der Waals surface area contributed by atoms with Crippen LogP contribution in [0, 0.1) is 0 Å². The zero-order valence-electron chi connectivity index (χ0n) is 11.1. The lowest BCUT2D eigenvalue weighted by atomic mass is 10.0. The SMILES string of the molecule is CCCNC(C1=CCCCO1)c1c(Cl)cccc1Cl. The first kappa shape index (κ1) is 14.7. The van der Waals surface area contributed by atoms with Crippen LogP contribution in [-0.4, -0.2) is 13.2 Å². The van der Waals surface area contributed by atoms with Gasteiger partial charge in [0.15, 0.2) is 0 Å². The lowest BCUT2D eigenvalue weighted by Gasteiger charge is -2.26. The number of ether oxygens (including phenoxy) is 1. The molecule has 0 amide bonds. The first-order valence-corrected chi connectivity index (χ1v) is 7.49. The summed E-state index contributed by atoms with van der Waals surface area (Å²) in [6.45, 7) is 3.79. The zero-order chi connectivity index (χ0) is 13.7. The third-order valence-corrected chi connectivity index (χ3v) is 3.79. The fourth-order valence-corrected chi connectivity index (χ4v) is 2.81. The molecule has 2 nitrogen and oxygen atoms in total. The standard InChI is InChI=1S/C15H19Cl2NO/c1-2-9-18-15(13-8-3-4-10-19-13)14-11(16)6-5-7-12(14)17/h5-8,15,18H,2-4,9-10H2,1H3.